The van der Waals surface area contributed by atoms with Gasteiger partial charge in [-0.3, -0.25) is 14.7 Å². The van der Waals surface area contributed by atoms with Crippen LogP contribution in [-0.4, -0.2) is 33.8 Å². The fourth-order valence-electron chi connectivity index (χ4n) is 1.71. The zero-order valence-electron chi connectivity index (χ0n) is 12.2. The molecule has 2 amide bonds. The molecule has 0 aliphatic rings. The van der Waals surface area contributed by atoms with Crippen LogP contribution in [0.25, 0.3) is 0 Å². The van der Waals surface area contributed by atoms with Gasteiger partial charge in [0.15, 0.2) is 0 Å². The number of nitrogens with zero attached hydrogens (tertiary/aromatic N) is 1. The second-order valence-electron chi connectivity index (χ2n) is 4.69. The zero-order valence-corrected chi connectivity index (χ0v) is 13.0. The first kappa shape index (κ1) is 16.1. The summed E-state index contributed by atoms with van der Waals surface area (Å²) in [5.41, 5.74) is 1.75. The standard InChI is InChI=1S/C15H18N4O2S/c1-11(22-10-12-5-3-2-4-6-12)15(21)16-9-14(20)19-13-7-17-18-8-13/h2-8,11H,9-10H2,1H3,(H,16,21)(H,17,18)(H,19,20)/t11-/m1/s1. The number of nitrogens with one attached hydrogen (secondary N) is 3. The minimum atomic E-state index is -0.282. The number of H-pyrrole nitrogens is 1. The van der Waals surface area contributed by atoms with Crippen molar-refractivity contribution in [2.45, 2.75) is 17.9 Å². The highest BCUT2D eigenvalue weighted by Gasteiger charge is 2.14. The molecule has 0 radical (unpaired) electrons. The Morgan fingerprint density at radius 3 is 2.77 bits per heavy atom. The van der Waals surface area contributed by atoms with Gasteiger partial charge in [-0.2, -0.15) is 5.10 Å². The Morgan fingerprint density at radius 1 is 1.32 bits per heavy atom. The van der Waals surface area contributed by atoms with E-state index in [1.54, 1.807) is 6.20 Å². The van der Waals surface area contributed by atoms with Crippen molar-refractivity contribution in [1.82, 2.24) is 15.5 Å². The summed E-state index contributed by atoms with van der Waals surface area (Å²) >= 11 is 1.54. The van der Waals surface area contributed by atoms with Gasteiger partial charge < -0.3 is 10.6 Å². The number of thioether (sulfide) groups is 1. The molecule has 1 aromatic heterocycles. The van der Waals surface area contributed by atoms with Crippen LogP contribution in [0.5, 0.6) is 0 Å². The SMILES string of the molecule is C[C@@H](SCc1ccccc1)C(=O)NCC(=O)Nc1cn[nH]c1. The van der Waals surface area contributed by atoms with E-state index in [0.717, 1.165) is 5.75 Å². The highest BCUT2D eigenvalue weighted by molar-refractivity contribution is 7.99. The molecule has 1 heterocycles. The normalized spacial score (nSPS) is 11.7. The van der Waals surface area contributed by atoms with Crippen LogP contribution >= 0.6 is 11.8 Å². The number of carbonyl (C=O) groups is 2. The number of carbonyl (C=O) groups excluding carboxylic acids is 2. The van der Waals surface area contributed by atoms with Crippen molar-refractivity contribution < 1.29 is 9.59 Å². The topological polar surface area (TPSA) is 86.9 Å². The Hall–Kier alpha value is -2.28. The Labute approximate surface area is 133 Å². The fraction of sp³-hybridized carbons (Fsp3) is 0.267. The minimum Gasteiger partial charge on any atom is -0.346 e. The van der Waals surface area contributed by atoms with E-state index in [1.165, 1.54) is 23.5 Å². The maximum Gasteiger partial charge on any atom is 0.243 e. The number of aromatic amines is 1. The number of anilines is 1. The molecule has 6 nitrogen and oxygen atoms in total. The molecule has 2 rings (SSSR count). The van der Waals surface area contributed by atoms with Crippen LogP contribution in [0.3, 0.4) is 0 Å². The van der Waals surface area contributed by atoms with Gasteiger partial charge in [-0.25, -0.2) is 0 Å². The number of amides is 2. The van der Waals surface area contributed by atoms with Crippen molar-refractivity contribution in [3.8, 4) is 0 Å². The van der Waals surface area contributed by atoms with Gasteiger partial charge in [-0.1, -0.05) is 30.3 Å². The lowest BCUT2D eigenvalue weighted by Gasteiger charge is -2.11. The lowest BCUT2D eigenvalue weighted by atomic mass is 10.2. The molecule has 0 bridgehead atoms. The smallest absolute Gasteiger partial charge is 0.243 e. The fourth-order valence-corrected chi connectivity index (χ4v) is 2.58. The van der Waals surface area contributed by atoms with Gasteiger partial charge in [-0.05, 0) is 12.5 Å². The van der Waals surface area contributed by atoms with Crippen LogP contribution in [0, 0.1) is 0 Å². The Bertz CT molecular complexity index is 601. The van der Waals surface area contributed by atoms with E-state index in [-0.39, 0.29) is 23.6 Å². The van der Waals surface area contributed by atoms with Gasteiger partial charge in [0.05, 0.1) is 23.7 Å². The van der Waals surface area contributed by atoms with Crippen LogP contribution in [-0.2, 0) is 15.3 Å². The molecule has 116 valence electrons. The first-order valence-electron chi connectivity index (χ1n) is 6.87. The summed E-state index contributed by atoms with van der Waals surface area (Å²) in [7, 11) is 0. The summed E-state index contributed by atoms with van der Waals surface area (Å²) in [6.07, 6.45) is 3.07. The maximum atomic E-state index is 11.9. The molecule has 0 aliphatic heterocycles. The Balaban J connectivity index is 1.68. The first-order valence-corrected chi connectivity index (χ1v) is 7.92. The number of aromatic nitrogens is 2. The predicted octanol–water partition coefficient (Wildman–Crippen LogP) is 1.79. The molecule has 0 unspecified atom stereocenters. The number of hydrogen-bond donors (Lipinski definition) is 3. The number of benzene rings is 1. The van der Waals surface area contributed by atoms with Crippen LogP contribution in [0.15, 0.2) is 42.7 Å². The van der Waals surface area contributed by atoms with E-state index in [1.807, 2.05) is 37.3 Å². The summed E-state index contributed by atoms with van der Waals surface area (Å²) in [5, 5.41) is 11.3. The molecule has 0 spiro atoms. The summed E-state index contributed by atoms with van der Waals surface area (Å²) in [6, 6.07) is 9.95. The van der Waals surface area contributed by atoms with Gasteiger partial charge in [0.1, 0.15) is 0 Å². The zero-order chi connectivity index (χ0) is 15.8. The molecule has 22 heavy (non-hydrogen) atoms. The molecular formula is C15H18N4O2S. The third-order valence-electron chi connectivity index (χ3n) is 2.92. The molecule has 0 saturated carbocycles. The highest BCUT2D eigenvalue weighted by Crippen LogP contribution is 2.17. The lowest BCUT2D eigenvalue weighted by molar-refractivity contribution is -0.123. The van der Waals surface area contributed by atoms with E-state index in [4.69, 9.17) is 0 Å². The summed E-state index contributed by atoms with van der Waals surface area (Å²) in [5.74, 6) is 0.328. The van der Waals surface area contributed by atoms with Gasteiger partial charge in [0.2, 0.25) is 11.8 Å². The molecule has 0 saturated heterocycles. The van der Waals surface area contributed by atoms with Crippen molar-refractivity contribution >= 4 is 29.3 Å². The van der Waals surface area contributed by atoms with E-state index in [9.17, 15) is 9.59 Å². The molecular weight excluding hydrogens is 300 g/mol. The van der Waals surface area contributed by atoms with Crippen molar-refractivity contribution in [2.24, 2.45) is 0 Å². The monoisotopic (exact) mass is 318 g/mol. The van der Waals surface area contributed by atoms with Gasteiger partial charge in [-0.15, -0.1) is 11.8 Å². The summed E-state index contributed by atoms with van der Waals surface area (Å²) in [6.45, 7) is 1.77. The predicted molar refractivity (Wildman–Crippen MR) is 87.4 cm³/mol. The van der Waals surface area contributed by atoms with Crippen LogP contribution in [0.2, 0.25) is 0 Å². The van der Waals surface area contributed by atoms with Gasteiger partial charge in [0.25, 0.3) is 0 Å². The quantitative estimate of drug-likeness (QED) is 0.726. The van der Waals surface area contributed by atoms with Gasteiger partial charge in [0, 0.05) is 11.9 Å². The Morgan fingerprint density at radius 2 is 2.09 bits per heavy atom. The van der Waals surface area contributed by atoms with Crippen molar-refractivity contribution in [3.05, 3.63) is 48.3 Å². The molecule has 2 aromatic rings. The minimum absolute atomic E-state index is 0.0553. The lowest BCUT2D eigenvalue weighted by Crippen LogP contribution is -2.37. The molecule has 1 aromatic carbocycles. The third kappa shape index (κ3) is 5.25. The summed E-state index contributed by atoms with van der Waals surface area (Å²) in [4.78, 5) is 23.6. The summed E-state index contributed by atoms with van der Waals surface area (Å²) < 4.78 is 0. The number of rotatable bonds is 7. The number of hydrogen-bond acceptors (Lipinski definition) is 4. The van der Waals surface area contributed by atoms with E-state index >= 15 is 0 Å². The van der Waals surface area contributed by atoms with Crippen LogP contribution < -0.4 is 10.6 Å². The van der Waals surface area contributed by atoms with Crippen LogP contribution in [0.1, 0.15) is 12.5 Å². The largest absolute Gasteiger partial charge is 0.346 e. The van der Waals surface area contributed by atoms with Crippen molar-refractivity contribution in [3.63, 3.8) is 0 Å². The second-order valence-corrected chi connectivity index (χ2v) is 6.02. The van der Waals surface area contributed by atoms with Crippen LogP contribution in [0.4, 0.5) is 5.69 Å². The molecule has 0 aliphatic carbocycles. The molecule has 7 heteroatoms. The third-order valence-corrected chi connectivity index (χ3v) is 4.13. The van der Waals surface area contributed by atoms with Crippen molar-refractivity contribution in [2.75, 3.05) is 11.9 Å². The average molecular weight is 318 g/mol. The van der Waals surface area contributed by atoms with E-state index < -0.39 is 0 Å². The average Bonchev–Trinajstić information content (AvgIpc) is 3.04. The molecule has 3 N–H and O–H groups in total. The van der Waals surface area contributed by atoms with Gasteiger partial charge >= 0.3 is 0 Å². The molecule has 0 fully saturated rings. The Kier molecular flexibility index (Phi) is 6.02. The van der Waals surface area contributed by atoms with E-state index in [0.29, 0.717) is 5.69 Å². The van der Waals surface area contributed by atoms with Crippen molar-refractivity contribution in [1.29, 1.82) is 0 Å². The maximum absolute atomic E-state index is 11.9. The molecule has 1 atom stereocenters. The van der Waals surface area contributed by atoms with E-state index in [2.05, 4.69) is 20.8 Å². The second kappa shape index (κ2) is 8.23. The first-order chi connectivity index (χ1) is 10.6. The highest BCUT2D eigenvalue weighted by atomic mass is 32.2.